The molecule has 0 aliphatic carbocycles. The highest BCUT2D eigenvalue weighted by Crippen LogP contribution is 2.20. The van der Waals surface area contributed by atoms with E-state index in [2.05, 4.69) is 4.90 Å². The molecular weight excluding hydrogens is 208 g/mol. The van der Waals surface area contributed by atoms with Gasteiger partial charge in [0, 0.05) is 17.7 Å². The molecule has 0 spiro atoms. The lowest BCUT2D eigenvalue weighted by molar-refractivity contribution is 0.372. The van der Waals surface area contributed by atoms with Crippen molar-refractivity contribution in [1.29, 1.82) is 0 Å². The van der Waals surface area contributed by atoms with Gasteiger partial charge in [-0.05, 0) is 32.3 Å². The van der Waals surface area contributed by atoms with Crippen molar-refractivity contribution >= 4 is 17.2 Å². The summed E-state index contributed by atoms with van der Waals surface area (Å²) in [4.78, 5) is 2.49. The van der Waals surface area contributed by atoms with Gasteiger partial charge in [0.05, 0.1) is 7.11 Å². The summed E-state index contributed by atoms with van der Waals surface area (Å²) in [6, 6.07) is 5.74. The molecule has 0 aliphatic rings. The lowest BCUT2D eigenvalue weighted by Crippen LogP contribution is -2.14. The number of thiocarbonyl (C=S) groups is 1. The highest BCUT2D eigenvalue weighted by molar-refractivity contribution is 7.80. The predicted molar refractivity (Wildman–Crippen MR) is 66.3 cm³/mol. The number of benzene rings is 1. The number of methoxy groups -OCH3 is 1. The molecule has 0 saturated heterocycles. The second kappa shape index (κ2) is 5.09. The molecule has 0 fully saturated rings. The predicted octanol–water partition coefficient (Wildman–Crippen LogP) is 1.39. The zero-order valence-electron chi connectivity index (χ0n) is 9.28. The molecule has 3 nitrogen and oxygen atoms in total. The van der Waals surface area contributed by atoms with Gasteiger partial charge in [0.25, 0.3) is 0 Å². The Morgan fingerprint density at radius 3 is 2.60 bits per heavy atom. The van der Waals surface area contributed by atoms with Crippen molar-refractivity contribution in [3.63, 3.8) is 0 Å². The van der Waals surface area contributed by atoms with E-state index in [1.165, 1.54) is 0 Å². The van der Waals surface area contributed by atoms with Crippen LogP contribution in [0.1, 0.15) is 11.1 Å². The van der Waals surface area contributed by atoms with Gasteiger partial charge in [0.1, 0.15) is 10.7 Å². The van der Waals surface area contributed by atoms with E-state index in [9.17, 15) is 0 Å². The minimum Gasteiger partial charge on any atom is -0.496 e. The Balaban J connectivity index is 3.07. The first-order valence-corrected chi connectivity index (χ1v) is 5.07. The summed E-state index contributed by atoms with van der Waals surface area (Å²) in [5.41, 5.74) is 7.55. The second-order valence-corrected chi connectivity index (χ2v) is 4.07. The summed E-state index contributed by atoms with van der Waals surface area (Å²) in [7, 11) is 5.68. The van der Waals surface area contributed by atoms with Gasteiger partial charge in [-0.2, -0.15) is 0 Å². The van der Waals surface area contributed by atoms with E-state index in [1.807, 2.05) is 32.3 Å². The number of hydrogen-bond donors (Lipinski definition) is 1. The van der Waals surface area contributed by atoms with Crippen molar-refractivity contribution in [2.75, 3.05) is 21.2 Å². The molecule has 82 valence electrons. The van der Waals surface area contributed by atoms with Crippen LogP contribution in [-0.2, 0) is 6.54 Å². The molecule has 1 aromatic carbocycles. The summed E-state index contributed by atoms with van der Waals surface area (Å²) in [5.74, 6) is 0.865. The summed E-state index contributed by atoms with van der Waals surface area (Å²) in [5, 5.41) is 0. The average molecular weight is 224 g/mol. The largest absolute Gasteiger partial charge is 0.496 e. The Hall–Kier alpha value is -1.13. The molecule has 0 radical (unpaired) electrons. The van der Waals surface area contributed by atoms with Gasteiger partial charge >= 0.3 is 0 Å². The van der Waals surface area contributed by atoms with Crippen molar-refractivity contribution in [2.24, 2.45) is 5.73 Å². The van der Waals surface area contributed by atoms with Gasteiger partial charge in [-0.1, -0.05) is 12.2 Å². The fraction of sp³-hybridized carbons (Fsp3) is 0.364. The highest BCUT2D eigenvalue weighted by atomic mass is 32.1. The molecule has 2 N–H and O–H groups in total. The summed E-state index contributed by atoms with van der Waals surface area (Å²) in [6.07, 6.45) is 0. The fourth-order valence-electron chi connectivity index (χ4n) is 1.40. The summed E-state index contributed by atoms with van der Waals surface area (Å²) < 4.78 is 5.27. The molecule has 0 saturated carbocycles. The smallest absolute Gasteiger partial charge is 0.123 e. The van der Waals surface area contributed by atoms with Gasteiger partial charge in [-0.15, -0.1) is 0 Å². The van der Waals surface area contributed by atoms with Crippen LogP contribution in [0.2, 0.25) is 0 Å². The lowest BCUT2D eigenvalue weighted by atomic mass is 10.1. The Kier molecular flexibility index (Phi) is 4.05. The number of nitrogens with zero attached hydrogens (tertiary/aromatic N) is 1. The molecule has 0 bridgehead atoms. The monoisotopic (exact) mass is 224 g/mol. The van der Waals surface area contributed by atoms with Crippen LogP contribution in [0.5, 0.6) is 5.75 Å². The van der Waals surface area contributed by atoms with Gasteiger partial charge in [-0.25, -0.2) is 0 Å². The van der Waals surface area contributed by atoms with Crippen LogP contribution in [0.3, 0.4) is 0 Å². The SMILES string of the molecule is COc1ccc(C(N)=S)cc1CN(C)C. The Bertz CT molecular complexity index is 364. The van der Waals surface area contributed by atoms with Crippen LogP contribution in [0, 0.1) is 0 Å². The third-order valence-electron chi connectivity index (χ3n) is 2.05. The molecule has 0 aliphatic heterocycles. The first kappa shape index (κ1) is 11.9. The molecule has 0 aromatic heterocycles. The van der Waals surface area contributed by atoms with E-state index in [1.54, 1.807) is 7.11 Å². The number of nitrogens with two attached hydrogens (primary N) is 1. The Labute approximate surface area is 95.8 Å². The van der Waals surface area contributed by atoms with Crippen molar-refractivity contribution in [3.8, 4) is 5.75 Å². The van der Waals surface area contributed by atoms with E-state index in [4.69, 9.17) is 22.7 Å². The second-order valence-electron chi connectivity index (χ2n) is 3.63. The van der Waals surface area contributed by atoms with Crippen LogP contribution in [-0.4, -0.2) is 31.1 Å². The third-order valence-corrected chi connectivity index (χ3v) is 2.29. The zero-order valence-corrected chi connectivity index (χ0v) is 10.1. The Morgan fingerprint density at radius 2 is 2.13 bits per heavy atom. The fourth-order valence-corrected chi connectivity index (χ4v) is 1.52. The minimum atomic E-state index is 0.414. The van der Waals surface area contributed by atoms with Gasteiger partial charge in [0.2, 0.25) is 0 Å². The van der Waals surface area contributed by atoms with E-state index in [-0.39, 0.29) is 0 Å². The highest BCUT2D eigenvalue weighted by Gasteiger charge is 2.06. The van der Waals surface area contributed by atoms with E-state index >= 15 is 0 Å². The quantitative estimate of drug-likeness (QED) is 0.784. The zero-order chi connectivity index (χ0) is 11.4. The standard InChI is InChI=1S/C11H16N2OS/c1-13(2)7-9-6-8(11(12)15)4-5-10(9)14-3/h4-6H,7H2,1-3H3,(H2,12,15). The molecule has 0 amide bonds. The molecule has 4 heteroatoms. The van der Waals surface area contributed by atoms with Crippen LogP contribution in [0.4, 0.5) is 0 Å². The number of ether oxygens (including phenoxy) is 1. The maximum atomic E-state index is 5.58. The molecule has 0 atom stereocenters. The van der Waals surface area contributed by atoms with E-state index < -0.39 is 0 Å². The van der Waals surface area contributed by atoms with E-state index in [0.29, 0.717) is 4.99 Å². The average Bonchev–Trinajstić information content (AvgIpc) is 2.16. The van der Waals surface area contributed by atoms with Crippen molar-refractivity contribution < 1.29 is 4.74 Å². The topological polar surface area (TPSA) is 38.5 Å². The van der Waals surface area contributed by atoms with Gasteiger partial charge in [0.15, 0.2) is 0 Å². The number of rotatable bonds is 4. The van der Waals surface area contributed by atoms with Crippen molar-refractivity contribution in [3.05, 3.63) is 29.3 Å². The van der Waals surface area contributed by atoms with Crippen LogP contribution in [0.25, 0.3) is 0 Å². The van der Waals surface area contributed by atoms with Gasteiger partial charge < -0.3 is 15.4 Å². The first-order chi connectivity index (χ1) is 7.04. The van der Waals surface area contributed by atoms with Crippen LogP contribution in [0.15, 0.2) is 18.2 Å². The minimum absolute atomic E-state index is 0.414. The molecule has 0 unspecified atom stereocenters. The van der Waals surface area contributed by atoms with E-state index in [0.717, 1.165) is 23.4 Å². The van der Waals surface area contributed by atoms with Crippen molar-refractivity contribution in [2.45, 2.75) is 6.54 Å². The lowest BCUT2D eigenvalue weighted by Gasteiger charge is -2.14. The van der Waals surface area contributed by atoms with Crippen LogP contribution >= 0.6 is 12.2 Å². The molecule has 0 heterocycles. The molecule has 1 rings (SSSR count). The maximum absolute atomic E-state index is 5.58. The molecular formula is C11H16N2OS. The summed E-state index contributed by atoms with van der Waals surface area (Å²) >= 11 is 4.94. The third kappa shape index (κ3) is 3.18. The summed E-state index contributed by atoms with van der Waals surface area (Å²) in [6.45, 7) is 0.805. The van der Waals surface area contributed by atoms with Crippen LogP contribution < -0.4 is 10.5 Å². The normalized spacial score (nSPS) is 10.4. The maximum Gasteiger partial charge on any atom is 0.123 e. The number of hydrogen-bond acceptors (Lipinski definition) is 3. The first-order valence-electron chi connectivity index (χ1n) is 4.66. The Morgan fingerprint density at radius 1 is 1.47 bits per heavy atom. The molecule has 15 heavy (non-hydrogen) atoms. The molecule has 1 aromatic rings. The van der Waals surface area contributed by atoms with Crippen molar-refractivity contribution in [1.82, 2.24) is 4.90 Å². The van der Waals surface area contributed by atoms with Gasteiger partial charge in [-0.3, -0.25) is 0 Å².